The van der Waals surface area contributed by atoms with Crippen LogP contribution in [0.3, 0.4) is 0 Å². The lowest BCUT2D eigenvalue weighted by Crippen LogP contribution is -2.18. The molecule has 0 aromatic heterocycles. The molecule has 308 valence electrons. The quantitative estimate of drug-likeness (QED) is 0.0699. The molecule has 6 heteroatoms. The van der Waals surface area contributed by atoms with Crippen molar-refractivity contribution in [3.8, 4) is 0 Å². The highest BCUT2D eigenvalue weighted by atomic mass is 19.1. The monoisotopic (exact) mass is 755 g/mol. The minimum atomic E-state index is -0.790. The van der Waals surface area contributed by atoms with Gasteiger partial charge in [0.05, 0.1) is 16.8 Å². The van der Waals surface area contributed by atoms with Crippen molar-refractivity contribution in [2.75, 3.05) is 10.6 Å². The first kappa shape index (κ1) is 47.7. The second-order valence-electron chi connectivity index (χ2n) is 16.4. The van der Waals surface area contributed by atoms with E-state index in [0.29, 0.717) is 18.2 Å². The van der Waals surface area contributed by atoms with E-state index in [-0.39, 0.29) is 40.4 Å². The predicted molar refractivity (Wildman–Crippen MR) is 229 cm³/mol. The van der Waals surface area contributed by atoms with Crippen molar-refractivity contribution in [1.82, 2.24) is 0 Å². The molecule has 0 radical (unpaired) electrons. The molecule has 0 atom stereocenters. The first-order valence-corrected chi connectivity index (χ1v) is 22.8. The SMILES string of the molecule is CCCCCCCCC(CCCCCCCC)CC(=O)Nc1ccc2ccc(NC(=O)CC(CCCCCCCC)CCCCCCCC)c(F)c2c1F. The smallest absolute Gasteiger partial charge is 0.224 e. The molecule has 0 aliphatic rings. The van der Waals surface area contributed by atoms with Crippen molar-refractivity contribution in [3.05, 3.63) is 35.9 Å². The molecule has 0 aliphatic heterocycles. The fourth-order valence-corrected chi connectivity index (χ4v) is 8.00. The van der Waals surface area contributed by atoms with Crippen molar-refractivity contribution in [2.45, 2.75) is 220 Å². The van der Waals surface area contributed by atoms with Gasteiger partial charge in [-0.3, -0.25) is 9.59 Å². The largest absolute Gasteiger partial charge is 0.324 e. The van der Waals surface area contributed by atoms with Gasteiger partial charge in [-0.2, -0.15) is 0 Å². The molecule has 54 heavy (non-hydrogen) atoms. The predicted octanol–water partition coefficient (Wildman–Crippen LogP) is 16.0. The minimum Gasteiger partial charge on any atom is -0.324 e. The summed E-state index contributed by atoms with van der Waals surface area (Å²) in [5.74, 6) is -1.50. The minimum absolute atomic E-state index is 0.00862. The van der Waals surface area contributed by atoms with Gasteiger partial charge in [0.1, 0.15) is 0 Å². The van der Waals surface area contributed by atoms with Gasteiger partial charge in [0, 0.05) is 12.8 Å². The average Bonchev–Trinajstić information content (AvgIpc) is 3.15. The number of anilines is 2. The Bertz CT molecular complexity index is 1160. The van der Waals surface area contributed by atoms with E-state index in [1.54, 1.807) is 12.1 Å². The molecule has 4 nitrogen and oxygen atoms in total. The third kappa shape index (κ3) is 20.4. The van der Waals surface area contributed by atoms with E-state index in [1.165, 1.54) is 141 Å². The van der Waals surface area contributed by atoms with E-state index >= 15 is 8.78 Å². The van der Waals surface area contributed by atoms with Crippen LogP contribution in [0.5, 0.6) is 0 Å². The Kier molecular flexibility index (Phi) is 27.1. The standard InChI is InChI=1S/C48H80F2N2O2/c1-5-9-13-17-21-25-29-39(30-26-22-18-14-10-6-2)37-44(53)51-42-35-33-41-34-36-43(48(50)46(41)47(42)49)52-45(54)38-40(31-27-23-19-15-11-7-3)32-28-24-20-16-12-8-4/h33-36,39-40H,5-32,37-38H2,1-4H3,(H,51,53)(H,52,54). The summed E-state index contributed by atoms with van der Waals surface area (Å²) in [7, 11) is 0. The topological polar surface area (TPSA) is 58.2 Å². The molecule has 0 bridgehead atoms. The van der Waals surface area contributed by atoms with Crippen LogP contribution >= 0.6 is 0 Å². The molecule has 0 aliphatic carbocycles. The summed E-state index contributed by atoms with van der Waals surface area (Å²) in [6.45, 7) is 8.91. The number of fused-ring (bicyclic) bond motifs is 1. The molecule has 0 saturated heterocycles. The molecule has 2 aromatic rings. The summed E-state index contributed by atoms with van der Waals surface area (Å²) in [6, 6.07) is 6.34. The van der Waals surface area contributed by atoms with Crippen LogP contribution in [0.1, 0.15) is 220 Å². The summed E-state index contributed by atoms with van der Waals surface area (Å²) in [5.41, 5.74) is -0.0172. The van der Waals surface area contributed by atoms with Crippen molar-refractivity contribution in [1.29, 1.82) is 0 Å². The summed E-state index contributed by atoms with van der Waals surface area (Å²) < 4.78 is 32.0. The maximum Gasteiger partial charge on any atom is 0.224 e. The van der Waals surface area contributed by atoms with Crippen LogP contribution in [-0.4, -0.2) is 11.8 Å². The van der Waals surface area contributed by atoms with Crippen molar-refractivity contribution >= 4 is 34.0 Å². The van der Waals surface area contributed by atoms with Gasteiger partial charge in [-0.05, 0) is 55.0 Å². The molecule has 0 unspecified atom stereocenters. The van der Waals surface area contributed by atoms with Gasteiger partial charge >= 0.3 is 0 Å². The Morgan fingerprint density at radius 3 is 1.02 bits per heavy atom. The van der Waals surface area contributed by atoms with Gasteiger partial charge in [0.2, 0.25) is 11.8 Å². The third-order valence-corrected chi connectivity index (χ3v) is 11.4. The molecule has 2 N–H and O–H groups in total. The summed E-state index contributed by atoms with van der Waals surface area (Å²) >= 11 is 0. The molecule has 2 aromatic carbocycles. The van der Waals surface area contributed by atoms with E-state index in [0.717, 1.165) is 51.4 Å². The lowest BCUT2D eigenvalue weighted by molar-refractivity contribution is -0.118. The molecule has 0 spiro atoms. The molecule has 0 fully saturated rings. The average molecular weight is 755 g/mol. The van der Waals surface area contributed by atoms with E-state index in [9.17, 15) is 9.59 Å². The first-order chi connectivity index (χ1) is 26.3. The number of nitrogens with one attached hydrogen (secondary N) is 2. The number of hydrogen-bond donors (Lipinski definition) is 2. The normalized spacial score (nSPS) is 11.6. The van der Waals surface area contributed by atoms with Crippen LogP contribution in [0, 0.1) is 23.5 Å². The first-order valence-electron chi connectivity index (χ1n) is 22.8. The fraction of sp³-hybridized carbons (Fsp3) is 0.750. The molecule has 0 saturated carbocycles. The van der Waals surface area contributed by atoms with Crippen LogP contribution in [0.15, 0.2) is 24.3 Å². The highest BCUT2D eigenvalue weighted by molar-refractivity contribution is 5.98. The number of carbonyl (C=O) groups is 2. The zero-order valence-electron chi connectivity index (χ0n) is 35.2. The zero-order valence-corrected chi connectivity index (χ0v) is 35.2. The van der Waals surface area contributed by atoms with E-state index in [2.05, 4.69) is 38.3 Å². The van der Waals surface area contributed by atoms with Crippen molar-refractivity contribution < 1.29 is 18.4 Å². The summed E-state index contributed by atoms with van der Waals surface area (Å²) in [5, 5.41) is 5.77. The molecular weight excluding hydrogens is 675 g/mol. The Morgan fingerprint density at radius 2 is 0.722 bits per heavy atom. The van der Waals surface area contributed by atoms with Crippen molar-refractivity contribution in [2.24, 2.45) is 11.8 Å². The van der Waals surface area contributed by atoms with Gasteiger partial charge in [-0.1, -0.05) is 194 Å². The molecular formula is C48H80F2N2O2. The van der Waals surface area contributed by atoms with Gasteiger partial charge in [-0.15, -0.1) is 0 Å². The van der Waals surface area contributed by atoms with Gasteiger partial charge in [0.25, 0.3) is 0 Å². The van der Waals surface area contributed by atoms with Crippen LogP contribution < -0.4 is 10.6 Å². The molecule has 2 rings (SSSR count). The van der Waals surface area contributed by atoms with Crippen LogP contribution in [-0.2, 0) is 9.59 Å². The Labute approximate surface area is 330 Å². The Morgan fingerprint density at radius 1 is 0.444 bits per heavy atom. The Hall–Kier alpha value is -2.50. The maximum absolute atomic E-state index is 16.0. The van der Waals surface area contributed by atoms with Crippen molar-refractivity contribution in [3.63, 3.8) is 0 Å². The summed E-state index contributed by atoms with van der Waals surface area (Å²) in [6.07, 6.45) is 33.9. The highest BCUT2D eigenvalue weighted by Gasteiger charge is 2.21. The number of unbranched alkanes of at least 4 members (excludes halogenated alkanes) is 20. The number of carbonyl (C=O) groups excluding carboxylic acids is 2. The van der Waals surface area contributed by atoms with Gasteiger partial charge < -0.3 is 10.6 Å². The number of hydrogen-bond acceptors (Lipinski definition) is 2. The number of rotatable bonds is 34. The Balaban J connectivity index is 2.06. The lowest BCUT2D eigenvalue weighted by Gasteiger charge is -2.18. The van der Waals surface area contributed by atoms with E-state index in [4.69, 9.17) is 0 Å². The number of amides is 2. The van der Waals surface area contributed by atoms with E-state index < -0.39 is 11.6 Å². The fourth-order valence-electron chi connectivity index (χ4n) is 8.00. The van der Waals surface area contributed by atoms with Gasteiger partial charge in [0.15, 0.2) is 11.6 Å². The summed E-state index contributed by atoms with van der Waals surface area (Å²) in [4.78, 5) is 26.6. The van der Waals surface area contributed by atoms with Gasteiger partial charge in [-0.25, -0.2) is 8.78 Å². The second-order valence-corrected chi connectivity index (χ2v) is 16.4. The maximum atomic E-state index is 16.0. The van der Waals surface area contributed by atoms with E-state index in [1.807, 2.05) is 0 Å². The lowest BCUT2D eigenvalue weighted by atomic mass is 9.91. The highest BCUT2D eigenvalue weighted by Crippen LogP contribution is 2.32. The zero-order chi connectivity index (χ0) is 39.2. The third-order valence-electron chi connectivity index (χ3n) is 11.4. The molecule has 0 heterocycles. The number of halogens is 2. The number of benzene rings is 2. The van der Waals surface area contributed by atoms with Crippen LogP contribution in [0.2, 0.25) is 0 Å². The second kappa shape index (κ2) is 30.7. The molecule has 2 amide bonds. The van der Waals surface area contributed by atoms with Crippen LogP contribution in [0.4, 0.5) is 20.2 Å². The van der Waals surface area contributed by atoms with Crippen LogP contribution in [0.25, 0.3) is 10.8 Å².